The molecule has 0 heterocycles. The van der Waals surface area contributed by atoms with Gasteiger partial charge < -0.3 is 10.2 Å². The van der Waals surface area contributed by atoms with Crippen molar-refractivity contribution in [1.82, 2.24) is 0 Å². The number of carbonyl (C=O) groups is 2. The third-order valence-corrected chi connectivity index (χ3v) is 16.2. The minimum atomic E-state index is -1.62. The molecule has 2 N–H and O–H groups in total. The molecule has 4 heteroatoms. The fourth-order valence-electron chi connectivity index (χ4n) is 14.5. The highest BCUT2D eigenvalue weighted by atomic mass is 16.3. The second-order valence-electron chi connectivity index (χ2n) is 19.3. The summed E-state index contributed by atoms with van der Waals surface area (Å²) in [4.78, 5) is 30.1. The first kappa shape index (κ1) is 31.3. The lowest BCUT2D eigenvalue weighted by Gasteiger charge is -2.75. The lowest BCUT2D eigenvalue weighted by molar-refractivity contribution is -0.232. The van der Waals surface area contributed by atoms with Gasteiger partial charge >= 0.3 is 0 Å². The number of aliphatic hydroxyl groups is 2. The van der Waals surface area contributed by atoms with E-state index in [2.05, 4.69) is 41.5 Å². The maximum atomic E-state index is 15.5. The Balaban J connectivity index is 1.58. The molecule has 0 aromatic rings. The van der Waals surface area contributed by atoms with Crippen LogP contribution in [-0.4, -0.2) is 33.0 Å². The first-order chi connectivity index (χ1) is 20.3. The summed E-state index contributed by atoms with van der Waals surface area (Å²) < 4.78 is 0. The number of allylic oxidation sites excluding steroid dienone is 2. The van der Waals surface area contributed by atoms with E-state index in [1.54, 1.807) is 0 Å². The standard InChI is InChI=1S/C40H60O4/c1-22(2)39(43)28(41)21-27-36(9)18-11-16-35(7,8)26(36)15-20-38(27)31-29-24(30(32(38)39)40(44,23(3)4)33(31)42)13-14-25-34(5,6)17-12-19-37(25,29)10/h21-23,25-26,30-32,43-44H,11-20H2,1-10H3/t25-,26-,30+,31?,32-,36-,37-,38?,39+,40-/m0/s1. The average molecular weight is 605 g/mol. The first-order valence-corrected chi connectivity index (χ1v) is 18.3. The molecule has 4 fully saturated rings. The van der Waals surface area contributed by atoms with E-state index in [1.807, 2.05) is 33.8 Å². The minimum absolute atomic E-state index is 0.00114. The monoisotopic (exact) mass is 604 g/mol. The Morgan fingerprint density at radius 2 is 1.27 bits per heavy atom. The lowest BCUT2D eigenvalue weighted by Crippen LogP contribution is -2.79. The van der Waals surface area contributed by atoms with E-state index in [1.165, 1.54) is 29.6 Å². The zero-order valence-corrected chi connectivity index (χ0v) is 29.4. The molecule has 4 nitrogen and oxygen atoms in total. The summed E-state index contributed by atoms with van der Waals surface area (Å²) in [6.07, 6.45) is 12.4. The molecular weight excluding hydrogens is 544 g/mol. The van der Waals surface area contributed by atoms with Crippen LogP contribution in [0.2, 0.25) is 0 Å². The van der Waals surface area contributed by atoms with Gasteiger partial charge in [0.15, 0.2) is 11.6 Å². The summed E-state index contributed by atoms with van der Waals surface area (Å²) in [6.45, 7) is 22.5. The number of fused-ring (bicyclic) bond motifs is 4. The van der Waals surface area contributed by atoms with Gasteiger partial charge in [0, 0.05) is 17.3 Å². The van der Waals surface area contributed by atoms with Crippen LogP contribution < -0.4 is 0 Å². The maximum absolute atomic E-state index is 15.5. The topological polar surface area (TPSA) is 74.6 Å². The summed E-state index contributed by atoms with van der Waals surface area (Å²) in [5.74, 6) is -1.39. The van der Waals surface area contributed by atoms with E-state index in [9.17, 15) is 15.0 Å². The lowest BCUT2D eigenvalue weighted by atomic mass is 9.28. The fourth-order valence-corrected chi connectivity index (χ4v) is 14.5. The second-order valence-corrected chi connectivity index (χ2v) is 19.3. The van der Waals surface area contributed by atoms with E-state index in [-0.39, 0.29) is 45.1 Å². The largest absolute Gasteiger partial charge is 0.381 e. The molecule has 0 saturated heterocycles. The molecule has 0 aromatic carbocycles. The van der Waals surface area contributed by atoms with Gasteiger partial charge in [0.2, 0.25) is 0 Å². The minimum Gasteiger partial charge on any atom is -0.381 e. The molecule has 2 unspecified atom stereocenters. The summed E-state index contributed by atoms with van der Waals surface area (Å²) in [7, 11) is 0. The zero-order valence-electron chi connectivity index (χ0n) is 29.4. The van der Waals surface area contributed by atoms with E-state index < -0.39 is 34.4 Å². The Morgan fingerprint density at radius 1 is 0.727 bits per heavy atom. The molecule has 244 valence electrons. The second kappa shape index (κ2) is 9.00. The Bertz CT molecular complexity index is 1380. The summed E-state index contributed by atoms with van der Waals surface area (Å²) in [5.41, 5.74) is -0.0457. The van der Waals surface area contributed by atoms with E-state index in [4.69, 9.17) is 0 Å². The predicted octanol–water partition coefficient (Wildman–Crippen LogP) is 8.25. The van der Waals surface area contributed by atoms with Crippen molar-refractivity contribution in [2.45, 2.75) is 145 Å². The predicted molar refractivity (Wildman–Crippen MR) is 175 cm³/mol. The van der Waals surface area contributed by atoms with Crippen LogP contribution in [0.25, 0.3) is 0 Å². The van der Waals surface area contributed by atoms with Gasteiger partial charge in [0.25, 0.3) is 0 Å². The van der Waals surface area contributed by atoms with Crippen molar-refractivity contribution >= 4 is 11.6 Å². The Labute approximate surface area is 266 Å². The molecule has 8 aliphatic carbocycles. The molecule has 0 radical (unpaired) electrons. The molecule has 0 aromatic heterocycles. The highest BCUT2D eigenvalue weighted by Gasteiger charge is 2.81. The highest BCUT2D eigenvalue weighted by Crippen LogP contribution is 2.80. The van der Waals surface area contributed by atoms with Crippen LogP contribution in [-0.2, 0) is 9.59 Å². The van der Waals surface area contributed by atoms with Crippen LogP contribution >= 0.6 is 0 Å². The van der Waals surface area contributed by atoms with E-state index in [0.717, 1.165) is 51.4 Å². The van der Waals surface area contributed by atoms with Gasteiger partial charge in [-0.15, -0.1) is 0 Å². The molecule has 44 heavy (non-hydrogen) atoms. The van der Waals surface area contributed by atoms with Crippen molar-refractivity contribution < 1.29 is 19.8 Å². The zero-order chi connectivity index (χ0) is 32.2. The molecule has 0 amide bonds. The molecule has 8 aliphatic rings. The van der Waals surface area contributed by atoms with Crippen molar-refractivity contribution in [2.24, 2.45) is 68.5 Å². The molecular formula is C40H60O4. The highest BCUT2D eigenvalue weighted by molar-refractivity contribution is 6.04. The summed E-state index contributed by atoms with van der Waals surface area (Å²) >= 11 is 0. The van der Waals surface area contributed by atoms with Crippen molar-refractivity contribution in [3.63, 3.8) is 0 Å². The van der Waals surface area contributed by atoms with Crippen LogP contribution in [0, 0.1) is 68.5 Å². The third-order valence-electron chi connectivity index (χ3n) is 16.2. The maximum Gasteiger partial charge on any atom is 0.187 e. The number of ketones is 2. The van der Waals surface area contributed by atoms with Gasteiger partial charge in [-0.25, -0.2) is 0 Å². The number of rotatable bonds is 2. The average Bonchev–Trinajstić information content (AvgIpc) is 2.91. The van der Waals surface area contributed by atoms with Crippen molar-refractivity contribution in [3.05, 3.63) is 22.8 Å². The Hall–Kier alpha value is -1.26. The SMILES string of the molecule is CC(C)[C@@]1(O)C(=O)C2C3=C(CC[C@H]4C(C)(C)CCC[C@]34C)[C@@H]1[C@H]1C23CC[C@H]2C(C)(C)CCC[C@]2(C)C3=CC(=O)[C@]1(O)C(C)C. The Morgan fingerprint density at radius 3 is 1.84 bits per heavy atom. The van der Waals surface area contributed by atoms with Gasteiger partial charge in [-0.05, 0) is 103 Å². The van der Waals surface area contributed by atoms with Crippen LogP contribution in [0.15, 0.2) is 22.8 Å². The molecule has 1 spiro atoms. The number of carbonyl (C=O) groups excluding carboxylic acids is 2. The van der Waals surface area contributed by atoms with Gasteiger partial charge in [-0.3, -0.25) is 9.59 Å². The summed E-state index contributed by atoms with van der Waals surface area (Å²) in [5, 5.41) is 25.9. The molecule has 0 aliphatic heterocycles. The Kier molecular flexibility index (Phi) is 6.41. The number of hydrogen-bond donors (Lipinski definition) is 2. The fraction of sp³-hybridized carbons (Fsp3) is 0.850. The quantitative estimate of drug-likeness (QED) is 0.311. The van der Waals surface area contributed by atoms with E-state index >= 15 is 4.79 Å². The van der Waals surface area contributed by atoms with Crippen molar-refractivity contribution in [1.29, 1.82) is 0 Å². The third kappa shape index (κ3) is 3.29. The van der Waals surface area contributed by atoms with Crippen LogP contribution in [0.4, 0.5) is 0 Å². The van der Waals surface area contributed by atoms with Gasteiger partial charge in [0.1, 0.15) is 11.2 Å². The normalized spacial score (nSPS) is 50.5. The number of Topliss-reactive ketones (excluding diaryl/α,β-unsaturated/α-hetero) is 1. The van der Waals surface area contributed by atoms with Gasteiger partial charge in [-0.1, -0.05) is 98.8 Å². The van der Waals surface area contributed by atoms with Crippen molar-refractivity contribution in [2.75, 3.05) is 0 Å². The molecule has 2 bridgehead atoms. The van der Waals surface area contributed by atoms with Crippen LogP contribution in [0.1, 0.15) is 133 Å². The van der Waals surface area contributed by atoms with Gasteiger partial charge in [0.05, 0.1) is 5.92 Å². The summed E-state index contributed by atoms with van der Waals surface area (Å²) in [6, 6.07) is 0. The van der Waals surface area contributed by atoms with Gasteiger partial charge in [-0.2, -0.15) is 0 Å². The molecule has 4 saturated carbocycles. The molecule has 10 atom stereocenters. The van der Waals surface area contributed by atoms with Crippen molar-refractivity contribution in [3.8, 4) is 0 Å². The van der Waals surface area contributed by atoms with Crippen LogP contribution in [0.5, 0.6) is 0 Å². The number of hydrogen-bond acceptors (Lipinski definition) is 4. The smallest absolute Gasteiger partial charge is 0.187 e. The van der Waals surface area contributed by atoms with Crippen LogP contribution in [0.3, 0.4) is 0 Å². The van der Waals surface area contributed by atoms with E-state index in [0.29, 0.717) is 11.8 Å². The molecule has 8 rings (SSSR count). The first-order valence-electron chi connectivity index (χ1n) is 18.3.